The first-order valence-corrected chi connectivity index (χ1v) is 16.2. The number of epoxide rings is 1. The fraction of sp³-hybridized carbons (Fsp3) is 0.265. The number of carbonyl (C=O) groups excluding carboxylic acids is 3. The summed E-state index contributed by atoms with van der Waals surface area (Å²) in [6.07, 6.45) is 1.26. The van der Waals surface area contributed by atoms with Crippen LogP contribution in [0.4, 0.5) is 5.69 Å². The van der Waals surface area contributed by atoms with E-state index in [2.05, 4.69) is 16.1 Å². The maximum atomic E-state index is 13.9. The molecule has 1 fully saturated rings. The molecule has 10 heteroatoms. The van der Waals surface area contributed by atoms with Gasteiger partial charge in [0, 0.05) is 28.9 Å². The normalized spacial score (nSPS) is 17.7. The molecule has 3 amide bonds. The van der Waals surface area contributed by atoms with Crippen molar-refractivity contribution >= 4 is 44.2 Å². The Balaban J connectivity index is 1.28. The minimum Gasteiger partial charge on any atom is -0.342 e. The molecule has 0 saturated carbocycles. The topological polar surface area (TPSA) is 125 Å². The molecular formula is C34H33N3O6S. The number of ether oxygens (including phenoxy) is 1. The van der Waals surface area contributed by atoms with Gasteiger partial charge < -0.3 is 9.64 Å². The number of hydrogen-bond acceptors (Lipinski definition) is 6. The predicted octanol–water partition coefficient (Wildman–Crippen LogP) is 5.17. The van der Waals surface area contributed by atoms with Crippen LogP contribution in [-0.4, -0.2) is 50.1 Å². The lowest BCUT2D eigenvalue weighted by atomic mass is 9.85. The Kier molecular flexibility index (Phi) is 7.30. The van der Waals surface area contributed by atoms with Crippen molar-refractivity contribution in [2.24, 2.45) is 0 Å². The van der Waals surface area contributed by atoms with Crippen molar-refractivity contribution in [3.05, 3.63) is 112 Å². The number of amides is 3. The van der Waals surface area contributed by atoms with Gasteiger partial charge in [0.2, 0.25) is 10.0 Å². The van der Waals surface area contributed by atoms with Gasteiger partial charge in [-0.05, 0) is 69.6 Å². The van der Waals surface area contributed by atoms with Gasteiger partial charge in [-0.15, -0.1) is 0 Å². The minimum atomic E-state index is -3.60. The highest BCUT2D eigenvalue weighted by atomic mass is 32.2. The van der Waals surface area contributed by atoms with E-state index in [0.29, 0.717) is 22.9 Å². The number of imide groups is 1. The molecule has 0 aliphatic carbocycles. The van der Waals surface area contributed by atoms with Crippen LogP contribution in [0.2, 0.25) is 0 Å². The summed E-state index contributed by atoms with van der Waals surface area (Å²) in [5.41, 5.74) is 3.64. The standard InChI is InChI=1S/C34H33N3O6S/c1-34(2,3)22-17-21(18-23(19-22)36-44(4,41)42)30(38)35-31(39)27-13-14-28(26-12-8-7-11-25(26)27)32(40)37-16-15-20-9-5-6-10-24(20)29-33(37)43-29/h5-14,17-19,29,33,36H,15-16H2,1-4H3,(H,35,38,39). The number of nitrogens with zero attached hydrogens (tertiary/aromatic N) is 1. The Morgan fingerprint density at radius 2 is 1.52 bits per heavy atom. The number of hydrogen-bond donors (Lipinski definition) is 2. The van der Waals surface area contributed by atoms with Crippen molar-refractivity contribution < 1.29 is 27.5 Å². The highest BCUT2D eigenvalue weighted by Crippen LogP contribution is 2.45. The van der Waals surface area contributed by atoms with Crippen molar-refractivity contribution in [3.8, 4) is 0 Å². The smallest absolute Gasteiger partial charge is 0.258 e. The first kappa shape index (κ1) is 29.5. The number of fused-ring (bicyclic) bond motifs is 4. The number of anilines is 1. The van der Waals surface area contributed by atoms with Crippen LogP contribution in [0.5, 0.6) is 0 Å². The Morgan fingerprint density at radius 3 is 2.23 bits per heavy atom. The third kappa shape index (κ3) is 5.82. The van der Waals surface area contributed by atoms with Crippen molar-refractivity contribution in [3.63, 3.8) is 0 Å². The molecule has 9 nitrogen and oxygen atoms in total. The van der Waals surface area contributed by atoms with Gasteiger partial charge >= 0.3 is 0 Å². The van der Waals surface area contributed by atoms with Gasteiger partial charge in [0.25, 0.3) is 17.7 Å². The number of sulfonamides is 1. The van der Waals surface area contributed by atoms with Gasteiger partial charge in [0.05, 0.1) is 6.26 Å². The van der Waals surface area contributed by atoms with Crippen LogP contribution in [0, 0.1) is 0 Å². The Morgan fingerprint density at radius 1 is 0.864 bits per heavy atom. The third-order valence-corrected chi connectivity index (χ3v) is 8.62. The third-order valence-electron chi connectivity index (χ3n) is 8.01. The van der Waals surface area contributed by atoms with Gasteiger partial charge in [-0.3, -0.25) is 24.4 Å². The van der Waals surface area contributed by atoms with E-state index in [0.717, 1.165) is 23.8 Å². The molecule has 2 aliphatic rings. The quantitative estimate of drug-likeness (QED) is 0.237. The van der Waals surface area contributed by atoms with Gasteiger partial charge in [0.15, 0.2) is 6.23 Å². The van der Waals surface area contributed by atoms with Crippen molar-refractivity contribution in [2.45, 2.75) is 44.9 Å². The molecule has 0 radical (unpaired) electrons. The average Bonchev–Trinajstić information content (AvgIpc) is 3.76. The lowest BCUT2D eigenvalue weighted by Crippen LogP contribution is -2.35. The average molecular weight is 612 g/mol. The number of rotatable bonds is 5. The molecule has 226 valence electrons. The molecular weight excluding hydrogens is 578 g/mol. The maximum Gasteiger partial charge on any atom is 0.258 e. The van der Waals surface area contributed by atoms with Gasteiger partial charge in [-0.1, -0.05) is 69.3 Å². The van der Waals surface area contributed by atoms with E-state index < -0.39 is 27.3 Å². The Bertz CT molecular complexity index is 1950. The lowest BCUT2D eigenvalue weighted by Gasteiger charge is -2.22. The molecule has 0 bridgehead atoms. The zero-order valence-corrected chi connectivity index (χ0v) is 25.7. The van der Waals surface area contributed by atoms with Crippen LogP contribution in [0.3, 0.4) is 0 Å². The van der Waals surface area contributed by atoms with Gasteiger partial charge in [-0.25, -0.2) is 8.42 Å². The lowest BCUT2D eigenvalue weighted by molar-refractivity contribution is 0.0673. The highest BCUT2D eigenvalue weighted by Gasteiger charge is 2.49. The summed E-state index contributed by atoms with van der Waals surface area (Å²) in [6.45, 7) is 6.32. The van der Waals surface area contributed by atoms with E-state index in [1.807, 2.05) is 39.0 Å². The van der Waals surface area contributed by atoms with E-state index in [4.69, 9.17) is 4.74 Å². The summed E-state index contributed by atoms with van der Waals surface area (Å²) < 4.78 is 32.1. The Hall–Kier alpha value is -4.54. The second-order valence-electron chi connectivity index (χ2n) is 12.3. The van der Waals surface area contributed by atoms with Crippen molar-refractivity contribution in [1.29, 1.82) is 0 Å². The first-order chi connectivity index (χ1) is 20.8. The second-order valence-corrected chi connectivity index (χ2v) is 14.1. The maximum absolute atomic E-state index is 13.9. The Labute approximate surface area is 256 Å². The number of carbonyl (C=O) groups is 3. The summed E-state index contributed by atoms with van der Waals surface area (Å²) >= 11 is 0. The summed E-state index contributed by atoms with van der Waals surface area (Å²) in [7, 11) is -3.60. The molecule has 2 aliphatic heterocycles. The molecule has 4 aromatic carbocycles. The van der Waals surface area contributed by atoms with Crippen molar-refractivity contribution in [1.82, 2.24) is 10.2 Å². The summed E-state index contributed by atoms with van der Waals surface area (Å²) in [6, 6.07) is 23.0. The van der Waals surface area contributed by atoms with Crippen LogP contribution < -0.4 is 10.0 Å². The largest absolute Gasteiger partial charge is 0.342 e. The van der Waals surface area contributed by atoms with Crippen LogP contribution in [0.1, 0.15) is 74.6 Å². The zero-order chi connectivity index (χ0) is 31.4. The fourth-order valence-corrected chi connectivity index (χ4v) is 6.28. The number of benzene rings is 4. The van der Waals surface area contributed by atoms with E-state index >= 15 is 0 Å². The molecule has 6 rings (SSSR count). The molecule has 0 spiro atoms. The van der Waals surface area contributed by atoms with Crippen LogP contribution in [0.15, 0.2) is 78.9 Å². The molecule has 2 N–H and O–H groups in total. The number of nitrogens with one attached hydrogen (secondary N) is 2. The first-order valence-electron chi connectivity index (χ1n) is 14.4. The van der Waals surface area contributed by atoms with E-state index in [1.165, 1.54) is 11.6 Å². The van der Waals surface area contributed by atoms with E-state index in [-0.39, 0.29) is 35.1 Å². The summed E-state index contributed by atoms with van der Waals surface area (Å²) in [5.74, 6) is -1.50. The van der Waals surface area contributed by atoms with Crippen LogP contribution >= 0.6 is 0 Å². The highest BCUT2D eigenvalue weighted by molar-refractivity contribution is 7.92. The van der Waals surface area contributed by atoms with Gasteiger partial charge in [-0.2, -0.15) is 0 Å². The van der Waals surface area contributed by atoms with E-state index in [1.54, 1.807) is 53.4 Å². The summed E-state index contributed by atoms with van der Waals surface area (Å²) in [4.78, 5) is 42.5. The molecule has 4 aromatic rings. The predicted molar refractivity (Wildman–Crippen MR) is 168 cm³/mol. The monoisotopic (exact) mass is 611 g/mol. The van der Waals surface area contributed by atoms with Gasteiger partial charge in [0.1, 0.15) is 6.10 Å². The minimum absolute atomic E-state index is 0.133. The molecule has 0 aromatic heterocycles. The SMILES string of the molecule is CC(C)(C)c1cc(NS(C)(=O)=O)cc(C(=O)NC(=O)c2ccc(C(=O)N3CCc4ccccc4C4OC43)c3ccccc23)c1. The second kappa shape index (κ2) is 10.9. The van der Waals surface area contributed by atoms with E-state index in [9.17, 15) is 22.8 Å². The van der Waals surface area contributed by atoms with Crippen molar-refractivity contribution in [2.75, 3.05) is 17.5 Å². The molecule has 2 unspecified atom stereocenters. The summed E-state index contributed by atoms with van der Waals surface area (Å²) in [5, 5.41) is 3.56. The fourth-order valence-electron chi connectivity index (χ4n) is 5.74. The molecule has 44 heavy (non-hydrogen) atoms. The zero-order valence-electron chi connectivity index (χ0n) is 24.9. The molecule has 2 heterocycles. The molecule has 2 atom stereocenters. The van der Waals surface area contributed by atoms with Crippen LogP contribution in [0.25, 0.3) is 10.8 Å². The van der Waals surface area contributed by atoms with Crippen LogP contribution in [-0.2, 0) is 26.6 Å². The molecule has 1 saturated heterocycles.